The average Bonchev–Trinajstić information content (AvgIpc) is 3.03. The van der Waals surface area contributed by atoms with Gasteiger partial charge in [-0.05, 0) is 24.5 Å². The number of hydrogen-bond acceptors (Lipinski definition) is 7. The highest BCUT2D eigenvalue weighted by Crippen LogP contribution is 2.48. The maximum absolute atomic E-state index is 10.0. The third-order valence-electron chi connectivity index (χ3n) is 5.21. The van der Waals surface area contributed by atoms with E-state index in [-0.39, 0.29) is 12.5 Å². The maximum atomic E-state index is 10.0. The third kappa shape index (κ3) is 2.66. The molecule has 4 N–H and O–H groups in total. The highest BCUT2D eigenvalue weighted by Gasteiger charge is 2.52. The van der Waals surface area contributed by atoms with Crippen LogP contribution in [-0.4, -0.2) is 76.6 Å². The lowest BCUT2D eigenvalue weighted by atomic mass is 9.85. The standard InChI is InChI=1S/C16H24O7/c1-8-6-22-16(9(2)3-4-10(8)16)7-21-15-14(20)13(19)12(18)11(5-17)23-15/h3,10-15,17-20H,1,4-7H2,2H3/t10-,11-,12-,13+,14-,15+,16-/m1/s1. The minimum atomic E-state index is -1.45. The second-order valence-electron chi connectivity index (χ2n) is 6.52. The van der Waals surface area contributed by atoms with Crippen LogP contribution in [0.5, 0.6) is 0 Å². The predicted molar refractivity (Wildman–Crippen MR) is 79.4 cm³/mol. The van der Waals surface area contributed by atoms with Crippen LogP contribution in [0.15, 0.2) is 23.8 Å². The van der Waals surface area contributed by atoms with E-state index >= 15 is 0 Å². The van der Waals surface area contributed by atoms with Gasteiger partial charge in [0.2, 0.25) is 0 Å². The molecule has 7 heteroatoms. The number of fused-ring (bicyclic) bond motifs is 1. The lowest BCUT2D eigenvalue weighted by molar-refractivity contribution is -0.308. The first kappa shape index (κ1) is 17.0. The van der Waals surface area contributed by atoms with Gasteiger partial charge in [0, 0.05) is 5.92 Å². The van der Waals surface area contributed by atoms with Crippen LogP contribution in [0, 0.1) is 5.92 Å². The molecule has 0 spiro atoms. The predicted octanol–water partition coefficient (Wildman–Crippen LogP) is -0.906. The van der Waals surface area contributed by atoms with Gasteiger partial charge in [0.15, 0.2) is 6.29 Å². The molecule has 2 saturated heterocycles. The van der Waals surface area contributed by atoms with Crippen LogP contribution in [0.2, 0.25) is 0 Å². The lowest BCUT2D eigenvalue weighted by Crippen LogP contribution is -2.59. The Balaban J connectivity index is 1.70. The van der Waals surface area contributed by atoms with Crippen molar-refractivity contribution in [2.24, 2.45) is 5.92 Å². The fraction of sp³-hybridized carbons (Fsp3) is 0.750. The first-order chi connectivity index (χ1) is 10.9. The van der Waals surface area contributed by atoms with Gasteiger partial charge in [-0.3, -0.25) is 0 Å². The molecule has 0 saturated carbocycles. The normalized spacial score (nSPS) is 46.8. The second kappa shape index (κ2) is 6.25. The second-order valence-corrected chi connectivity index (χ2v) is 6.52. The first-order valence-electron chi connectivity index (χ1n) is 7.81. The van der Waals surface area contributed by atoms with E-state index in [4.69, 9.17) is 14.2 Å². The van der Waals surface area contributed by atoms with Crippen LogP contribution >= 0.6 is 0 Å². The van der Waals surface area contributed by atoms with Gasteiger partial charge in [-0.2, -0.15) is 0 Å². The largest absolute Gasteiger partial charge is 0.394 e. The van der Waals surface area contributed by atoms with Crippen LogP contribution in [-0.2, 0) is 14.2 Å². The quantitative estimate of drug-likeness (QED) is 0.495. The van der Waals surface area contributed by atoms with Gasteiger partial charge in [-0.25, -0.2) is 0 Å². The van der Waals surface area contributed by atoms with E-state index < -0.39 is 42.9 Å². The summed E-state index contributed by atoms with van der Waals surface area (Å²) in [5.74, 6) is 0.132. The summed E-state index contributed by atoms with van der Waals surface area (Å²) in [6.45, 7) is 6.13. The van der Waals surface area contributed by atoms with Gasteiger partial charge in [-0.15, -0.1) is 0 Å². The van der Waals surface area contributed by atoms with Crippen molar-refractivity contribution in [1.82, 2.24) is 0 Å². The summed E-state index contributed by atoms with van der Waals surface area (Å²) in [5, 5.41) is 38.8. The van der Waals surface area contributed by atoms with Crippen LogP contribution < -0.4 is 0 Å². The van der Waals surface area contributed by atoms with E-state index in [1.165, 1.54) is 0 Å². The number of rotatable bonds is 4. The van der Waals surface area contributed by atoms with Crippen LogP contribution in [0.1, 0.15) is 13.3 Å². The number of aliphatic hydroxyl groups excluding tert-OH is 4. The number of ether oxygens (including phenoxy) is 3. The summed E-state index contributed by atoms with van der Waals surface area (Å²) in [7, 11) is 0. The Morgan fingerprint density at radius 3 is 2.74 bits per heavy atom. The molecule has 0 amide bonds. The van der Waals surface area contributed by atoms with Crippen molar-refractivity contribution < 1.29 is 34.6 Å². The van der Waals surface area contributed by atoms with Crippen molar-refractivity contribution in [3.8, 4) is 0 Å². The molecule has 3 aliphatic rings. The molecule has 1 aliphatic carbocycles. The zero-order valence-corrected chi connectivity index (χ0v) is 13.1. The first-order valence-corrected chi connectivity index (χ1v) is 7.81. The lowest BCUT2D eigenvalue weighted by Gasteiger charge is -2.41. The molecule has 0 unspecified atom stereocenters. The Hall–Kier alpha value is -0.800. The summed E-state index contributed by atoms with van der Waals surface area (Å²) in [5.41, 5.74) is 1.44. The molecule has 0 aromatic rings. The summed E-state index contributed by atoms with van der Waals surface area (Å²) < 4.78 is 17.0. The van der Waals surface area contributed by atoms with E-state index in [0.29, 0.717) is 6.61 Å². The molecule has 2 heterocycles. The molecule has 2 fully saturated rings. The fourth-order valence-electron chi connectivity index (χ4n) is 3.63. The fourth-order valence-corrected chi connectivity index (χ4v) is 3.63. The van der Waals surface area contributed by atoms with Crippen LogP contribution in [0.3, 0.4) is 0 Å². The molecule has 7 nitrogen and oxygen atoms in total. The third-order valence-corrected chi connectivity index (χ3v) is 5.21. The molecule has 2 aliphatic heterocycles. The molecular weight excluding hydrogens is 304 g/mol. The number of hydrogen-bond donors (Lipinski definition) is 4. The number of aliphatic hydroxyl groups is 4. The van der Waals surface area contributed by atoms with E-state index in [1.54, 1.807) is 0 Å². The van der Waals surface area contributed by atoms with Crippen molar-refractivity contribution in [1.29, 1.82) is 0 Å². The van der Waals surface area contributed by atoms with Gasteiger partial charge in [0.05, 0.1) is 19.8 Å². The Morgan fingerprint density at radius 1 is 1.30 bits per heavy atom. The molecule has 0 aromatic heterocycles. The summed E-state index contributed by atoms with van der Waals surface area (Å²) in [6.07, 6.45) is -3.44. The van der Waals surface area contributed by atoms with Gasteiger partial charge < -0.3 is 34.6 Å². The summed E-state index contributed by atoms with van der Waals surface area (Å²) in [4.78, 5) is 0. The zero-order chi connectivity index (χ0) is 16.8. The molecule has 7 atom stereocenters. The van der Waals surface area contributed by atoms with Gasteiger partial charge in [0.25, 0.3) is 0 Å². The zero-order valence-electron chi connectivity index (χ0n) is 13.1. The van der Waals surface area contributed by atoms with E-state index in [0.717, 1.165) is 17.6 Å². The average molecular weight is 328 g/mol. The van der Waals surface area contributed by atoms with E-state index in [9.17, 15) is 20.4 Å². The smallest absolute Gasteiger partial charge is 0.186 e. The summed E-state index contributed by atoms with van der Waals surface area (Å²) in [6, 6.07) is 0. The maximum Gasteiger partial charge on any atom is 0.186 e. The van der Waals surface area contributed by atoms with Gasteiger partial charge in [0.1, 0.15) is 30.0 Å². The number of allylic oxidation sites excluding steroid dienone is 1. The van der Waals surface area contributed by atoms with Crippen molar-refractivity contribution >= 4 is 0 Å². The molecule has 0 radical (unpaired) electrons. The van der Waals surface area contributed by atoms with Gasteiger partial charge in [-0.1, -0.05) is 12.7 Å². The van der Waals surface area contributed by atoms with Crippen molar-refractivity contribution in [3.05, 3.63) is 23.8 Å². The summed E-state index contributed by atoms with van der Waals surface area (Å²) >= 11 is 0. The Bertz CT molecular complexity index is 503. The molecule has 130 valence electrons. The van der Waals surface area contributed by atoms with E-state index in [1.807, 2.05) is 6.92 Å². The highest BCUT2D eigenvalue weighted by atomic mass is 16.7. The van der Waals surface area contributed by atoms with Crippen LogP contribution in [0.4, 0.5) is 0 Å². The van der Waals surface area contributed by atoms with Gasteiger partial charge >= 0.3 is 0 Å². The molecule has 3 rings (SSSR count). The SMILES string of the molecule is C=C1CO[C@]2(CO[C@H]3O[C@H](CO)[C@@H](O)[C@H](O)[C@H]3O)C(C)=CC[C@H]12. The molecule has 0 aromatic carbocycles. The Morgan fingerprint density at radius 2 is 2.04 bits per heavy atom. The Kier molecular flexibility index (Phi) is 4.63. The van der Waals surface area contributed by atoms with E-state index in [2.05, 4.69) is 12.7 Å². The Labute approximate surface area is 134 Å². The van der Waals surface area contributed by atoms with Crippen molar-refractivity contribution in [3.63, 3.8) is 0 Å². The highest BCUT2D eigenvalue weighted by molar-refractivity contribution is 5.34. The van der Waals surface area contributed by atoms with Crippen LogP contribution in [0.25, 0.3) is 0 Å². The minimum Gasteiger partial charge on any atom is -0.394 e. The monoisotopic (exact) mass is 328 g/mol. The topological polar surface area (TPSA) is 109 Å². The van der Waals surface area contributed by atoms with Crippen molar-refractivity contribution in [2.75, 3.05) is 19.8 Å². The molecule has 0 bridgehead atoms. The van der Waals surface area contributed by atoms with Crippen molar-refractivity contribution in [2.45, 2.75) is 49.7 Å². The minimum absolute atomic E-state index is 0.132. The molecular formula is C16H24O7. The molecule has 23 heavy (non-hydrogen) atoms.